The van der Waals surface area contributed by atoms with Crippen LogP contribution in [-0.2, 0) is 0 Å². The van der Waals surface area contributed by atoms with Gasteiger partial charge >= 0.3 is 5.97 Å². The van der Waals surface area contributed by atoms with E-state index in [4.69, 9.17) is 0 Å². The summed E-state index contributed by atoms with van der Waals surface area (Å²) < 4.78 is 1.76. The van der Waals surface area contributed by atoms with Crippen LogP contribution in [-0.4, -0.2) is 44.2 Å². The molecule has 6 nitrogen and oxygen atoms in total. The molecule has 5 aliphatic rings. The summed E-state index contributed by atoms with van der Waals surface area (Å²) in [5, 5.41) is 9.58. The molecular formula is C27H35N3O3. The highest BCUT2D eigenvalue weighted by Gasteiger charge is 2.54. The molecule has 3 heterocycles. The lowest BCUT2D eigenvalue weighted by Crippen LogP contribution is -2.53. The minimum absolute atomic E-state index is 0.0401. The molecule has 5 fully saturated rings. The maximum atomic E-state index is 13.2. The van der Waals surface area contributed by atoms with Gasteiger partial charge in [0.05, 0.1) is 11.0 Å². The number of aromatic nitrogens is 2. The highest BCUT2D eigenvalue weighted by molar-refractivity contribution is 5.88. The average Bonchev–Trinajstić information content (AvgIpc) is 3.04. The van der Waals surface area contributed by atoms with Crippen molar-refractivity contribution in [2.45, 2.75) is 83.3 Å². The molecule has 176 valence electrons. The van der Waals surface area contributed by atoms with E-state index in [1.54, 1.807) is 10.6 Å². The minimum Gasteiger partial charge on any atom is -0.476 e. The molecule has 1 unspecified atom stereocenters. The molecule has 0 amide bonds. The third-order valence-electron chi connectivity index (χ3n) is 9.98. The fraction of sp³-hybridized carbons (Fsp3) is 0.667. The van der Waals surface area contributed by atoms with Crippen molar-refractivity contribution in [1.82, 2.24) is 14.5 Å². The van der Waals surface area contributed by atoms with Crippen molar-refractivity contribution >= 4 is 17.0 Å². The summed E-state index contributed by atoms with van der Waals surface area (Å²) >= 11 is 0. The Kier molecular flexibility index (Phi) is 4.95. The monoisotopic (exact) mass is 449 g/mol. The number of benzene rings is 1. The quantitative estimate of drug-likeness (QED) is 0.715. The maximum Gasteiger partial charge on any atom is 0.360 e. The van der Waals surface area contributed by atoms with Gasteiger partial charge in [0.2, 0.25) is 5.69 Å². The second kappa shape index (κ2) is 7.66. The number of para-hydroxylation sites is 2. The Morgan fingerprint density at radius 2 is 1.79 bits per heavy atom. The van der Waals surface area contributed by atoms with Crippen molar-refractivity contribution in [2.24, 2.45) is 23.2 Å². The number of piperidine rings is 1. The Labute approximate surface area is 195 Å². The van der Waals surface area contributed by atoms with Crippen molar-refractivity contribution < 1.29 is 9.90 Å². The van der Waals surface area contributed by atoms with Crippen molar-refractivity contribution in [3.63, 3.8) is 0 Å². The molecule has 33 heavy (non-hydrogen) atoms. The van der Waals surface area contributed by atoms with Gasteiger partial charge < -0.3 is 9.67 Å². The van der Waals surface area contributed by atoms with Gasteiger partial charge in [0.25, 0.3) is 5.56 Å². The molecule has 4 bridgehead atoms. The van der Waals surface area contributed by atoms with E-state index < -0.39 is 11.5 Å². The molecule has 3 aliphatic carbocycles. The van der Waals surface area contributed by atoms with Crippen LogP contribution >= 0.6 is 0 Å². The lowest BCUT2D eigenvalue weighted by atomic mass is 9.45. The molecule has 1 N–H and O–H groups in total. The van der Waals surface area contributed by atoms with Gasteiger partial charge in [0, 0.05) is 18.1 Å². The van der Waals surface area contributed by atoms with E-state index in [0.717, 1.165) is 36.1 Å². The summed E-state index contributed by atoms with van der Waals surface area (Å²) in [5.74, 6) is 1.48. The molecule has 0 spiro atoms. The lowest BCUT2D eigenvalue weighted by molar-refractivity contribution is -0.109. The third-order valence-corrected chi connectivity index (χ3v) is 9.98. The Balaban J connectivity index is 1.22. The predicted octanol–water partition coefficient (Wildman–Crippen LogP) is 4.73. The molecule has 7 rings (SSSR count). The number of rotatable bonds is 5. The lowest BCUT2D eigenvalue weighted by Gasteiger charge is -2.60. The minimum atomic E-state index is -1.24. The van der Waals surface area contributed by atoms with E-state index in [1.807, 2.05) is 18.2 Å². The molecule has 3 saturated carbocycles. The summed E-state index contributed by atoms with van der Waals surface area (Å²) in [5.41, 5.74) is 1.07. The van der Waals surface area contributed by atoms with Crippen molar-refractivity contribution in [3.8, 4) is 0 Å². The third kappa shape index (κ3) is 3.28. The molecular weight excluding hydrogens is 414 g/mol. The Hall–Kier alpha value is -2.21. The molecule has 2 saturated heterocycles. The standard InChI is InChI=1S/C27H35N3O3/c1-27(2)17-8-7-16(21(27)13-17)11-12-29-18-9-10-19(29)15-20(14-18)30-23-6-4-3-5-22(23)28-24(25(30)31)26(32)33/h3-6,16-21H,7-15H2,1-2H3,(H,32,33)/t16-,17-,18-,19+,20?,21-/m0/s1. The van der Waals surface area contributed by atoms with E-state index in [2.05, 4.69) is 23.7 Å². The zero-order valence-electron chi connectivity index (χ0n) is 19.7. The number of carboxylic acid groups (broad SMARTS) is 1. The number of hydrogen-bond acceptors (Lipinski definition) is 4. The van der Waals surface area contributed by atoms with Gasteiger partial charge in [-0.15, -0.1) is 0 Å². The fourth-order valence-corrected chi connectivity index (χ4v) is 8.10. The van der Waals surface area contributed by atoms with Gasteiger partial charge in [-0.1, -0.05) is 26.0 Å². The van der Waals surface area contributed by atoms with Gasteiger partial charge in [-0.2, -0.15) is 0 Å². The maximum absolute atomic E-state index is 13.2. The van der Waals surface area contributed by atoms with Gasteiger partial charge in [-0.3, -0.25) is 9.69 Å². The second-order valence-electron chi connectivity index (χ2n) is 11.7. The van der Waals surface area contributed by atoms with Crippen LogP contribution in [0.5, 0.6) is 0 Å². The van der Waals surface area contributed by atoms with Crippen molar-refractivity contribution in [2.75, 3.05) is 6.54 Å². The highest BCUT2D eigenvalue weighted by Crippen LogP contribution is 2.62. The molecule has 6 atom stereocenters. The second-order valence-corrected chi connectivity index (χ2v) is 11.7. The Morgan fingerprint density at radius 1 is 1.06 bits per heavy atom. The van der Waals surface area contributed by atoms with Gasteiger partial charge in [-0.25, -0.2) is 9.78 Å². The number of fused-ring (bicyclic) bond motifs is 5. The van der Waals surface area contributed by atoms with Crippen molar-refractivity contribution in [3.05, 3.63) is 40.3 Å². The predicted molar refractivity (Wildman–Crippen MR) is 127 cm³/mol. The number of hydrogen-bond donors (Lipinski definition) is 1. The van der Waals surface area contributed by atoms with E-state index in [0.29, 0.717) is 23.0 Å². The molecule has 2 aliphatic heterocycles. The number of aromatic carboxylic acids is 1. The number of carboxylic acids is 1. The van der Waals surface area contributed by atoms with Crippen LogP contribution < -0.4 is 5.56 Å². The smallest absolute Gasteiger partial charge is 0.360 e. The van der Waals surface area contributed by atoms with E-state index >= 15 is 0 Å². The fourth-order valence-electron chi connectivity index (χ4n) is 8.10. The number of nitrogens with zero attached hydrogens (tertiary/aromatic N) is 3. The zero-order valence-corrected chi connectivity index (χ0v) is 19.7. The van der Waals surface area contributed by atoms with E-state index in [9.17, 15) is 14.7 Å². The van der Waals surface area contributed by atoms with Gasteiger partial charge in [0.1, 0.15) is 0 Å². The van der Waals surface area contributed by atoms with E-state index in [1.165, 1.54) is 45.1 Å². The van der Waals surface area contributed by atoms with Crippen LogP contribution in [0, 0.1) is 23.2 Å². The van der Waals surface area contributed by atoms with Crippen LogP contribution in [0.3, 0.4) is 0 Å². The Morgan fingerprint density at radius 3 is 2.45 bits per heavy atom. The molecule has 6 heteroatoms. The van der Waals surface area contributed by atoms with Crippen LogP contribution in [0.2, 0.25) is 0 Å². The first-order valence-corrected chi connectivity index (χ1v) is 12.8. The summed E-state index contributed by atoms with van der Waals surface area (Å²) in [6, 6.07) is 8.48. The normalized spacial score (nSPS) is 34.8. The first-order chi connectivity index (χ1) is 15.8. The first kappa shape index (κ1) is 21.3. The van der Waals surface area contributed by atoms with Crippen LogP contribution in [0.4, 0.5) is 0 Å². The largest absolute Gasteiger partial charge is 0.476 e. The molecule has 1 aromatic heterocycles. The van der Waals surface area contributed by atoms with Crippen LogP contribution in [0.1, 0.15) is 81.7 Å². The number of carbonyl (C=O) groups is 1. The van der Waals surface area contributed by atoms with Gasteiger partial charge in [0.15, 0.2) is 0 Å². The Bertz CT molecular complexity index is 1140. The van der Waals surface area contributed by atoms with Gasteiger partial charge in [-0.05, 0) is 93.2 Å². The van der Waals surface area contributed by atoms with Crippen molar-refractivity contribution in [1.29, 1.82) is 0 Å². The topological polar surface area (TPSA) is 75.4 Å². The van der Waals surface area contributed by atoms with Crippen LogP contribution in [0.25, 0.3) is 11.0 Å². The summed E-state index contributed by atoms with van der Waals surface area (Å²) in [6.07, 6.45) is 9.78. The van der Waals surface area contributed by atoms with E-state index in [-0.39, 0.29) is 11.7 Å². The first-order valence-electron chi connectivity index (χ1n) is 12.8. The zero-order chi connectivity index (χ0) is 22.9. The highest BCUT2D eigenvalue weighted by atomic mass is 16.4. The molecule has 2 aromatic rings. The summed E-state index contributed by atoms with van der Waals surface area (Å²) in [4.78, 5) is 31.8. The average molecular weight is 450 g/mol. The summed E-state index contributed by atoms with van der Waals surface area (Å²) in [7, 11) is 0. The SMILES string of the molecule is CC1(C)[C@H]2CC[C@@H](CCN3[C@@H]4CC[C@H]3CC(n3c(=O)c(C(=O)O)nc5ccccc53)C4)[C@@H]1C2. The molecule has 0 radical (unpaired) electrons. The van der Waals surface area contributed by atoms with Crippen LogP contribution in [0.15, 0.2) is 29.1 Å². The summed E-state index contributed by atoms with van der Waals surface area (Å²) in [6.45, 7) is 6.14. The molecule has 1 aromatic carbocycles.